The predicted molar refractivity (Wildman–Crippen MR) is 50.0 cm³/mol. The third-order valence-electron chi connectivity index (χ3n) is 2.07. The Hall–Kier alpha value is -0.248. The zero-order valence-corrected chi connectivity index (χ0v) is 8.33. The molecule has 0 unspecified atom stereocenters. The molecule has 1 aromatic carbocycles. The highest BCUT2D eigenvalue weighted by molar-refractivity contribution is 6.09. The Balaban J connectivity index is 2.93. The largest absolute Gasteiger partial charge is 0.119 e. The lowest BCUT2D eigenvalue weighted by Gasteiger charge is -2.23. The fourth-order valence-electron chi connectivity index (χ4n) is 1.01. The fourth-order valence-corrected chi connectivity index (χ4v) is 1.24. The summed E-state index contributed by atoms with van der Waals surface area (Å²) < 4.78 is 0. The van der Waals surface area contributed by atoms with E-state index < -0.39 is 0 Å². The molecule has 0 aromatic heterocycles. The molecular weight excluding hydrogens is 147 g/mol. The molecule has 0 amide bonds. The van der Waals surface area contributed by atoms with Crippen molar-refractivity contribution in [1.29, 1.82) is 0 Å². The molecule has 0 heterocycles. The summed E-state index contributed by atoms with van der Waals surface area (Å²) >= 11 is 2.80. The first-order chi connectivity index (χ1) is 5.17. The summed E-state index contributed by atoms with van der Waals surface area (Å²) in [7, 11) is 0. The van der Waals surface area contributed by atoms with Crippen LogP contribution in [0.15, 0.2) is 30.3 Å². The molecule has 0 aliphatic heterocycles. The standard InChI is InChI=1S/C10H13.Al/c1-10(2,3)9-7-5-4-6-8-9;/h4-8H,1H2,2-3H3;. The first-order valence-corrected chi connectivity index (χ1v) is 4.74. The van der Waals surface area contributed by atoms with E-state index in [2.05, 4.69) is 60.5 Å². The summed E-state index contributed by atoms with van der Waals surface area (Å²) in [5, 5.41) is 1.11. The number of rotatable bonds is 2. The number of benzene rings is 1. The molecule has 1 aromatic rings. The maximum atomic E-state index is 2.80. The van der Waals surface area contributed by atoms with Crippen molar-refractivity contribution in [1.82, 2.24) is 0 Å². The van der Waals surface area contributed by atoms with Gasteiger partial charge in [-0.05, 0) is 11.0 Å². The first kappa shape index (κ1) is 8.85. The molecule has 1 rings (SSSR count). The summed E-state index contributed by atoms with van der Waals surface area (Å²) in [6, 6.07) is 10.6. The monoisotopic (exact) mass is 160 g/mol. The summed E-state index contributed by atoms with van der Waals surface area (Å²) in [5.74, 6) is 0. The van der Waals surface area contributed by atoms with Crippen LogP contribution in [0.1, 0.15) is 19.4 Å². The van der Waals surface area contributed by atoms with Crippen LogP contribution in [0, 0.1) is 0 Å². The summed E-state index contributed by atoms with van der Waals surface area (Å²) in [6.45, 7) is 4.52. The van der Waals surface area contributed by atoms with E-state index in [1.165, 1.54) is 5.56 Å². The lowest BCUT2D eigenvalue weighted by Crippen LogP contribution is -2.15. The van der Waals surface area contributed by atoms with Crippen LogP contribution in [-0.2, 0) is 5.41 Å². The smallest absolute Gasteiger partial charge is 0.109 e. The molecule has 1 heteroatoms. The zero-order valence-electron chi connectivity index (χ0n) is 7.17. The van der Waals surface area contributed by atoms with Crippen LogP contribution in [0.2, 0.25) is 5.28 Å². The molecule has 0 N–H and O–H groups in total. The van der Waals surface area contributed by atoms with Gasteiger partial charge in [-0.3, -0.25) is 0 Å². The molecule has 0 atom stereocenters. The zero-order chi connectivity index (χ0) is 8.32. The van der Waals surface area contributed by atoms with Gasteiger partial charge in [-0.1, -0.05) is 44.2 Å². The molecule has 0 saturated carbocycles. The van der Waals surface area contributed by atoms with Crippen molar-refractivity contribution in [3.05, 3.63) is 35.9 Å². The third kappa shape index (κ3) is 2.09. The Labute approximate surface area is 77.1 Å². The lowest BCUT2D eigenvalue weighted by atomic mass is 9.87. The van der Waals surface area contributed by atoms with Gasteiger partial charge in [-0.15, -0.1) is 5.28 Å². The molecule has 11 heavy (non-hydrogen) atoms. The second-order valence-corrected chi connectivity index (χ2v) is 3.86. The Morgan fingerprint density at radius 2 is 1.73 bits per heavy atom. The Kier molecular flexibility index (Phi) is 2.76. The third-order valence-corrected chi connectivity index (χ3v) is 3.09. The SMILES string of the molecule is CC(C)([CH2][Al])c1ccccc1. The minimum atomic E-state index is 0.298. The van der Waals surface area contributed by atoms with Crippen LogP contribution in [-0.4, -0.2) is 16.3 Å². The molecule has 0 fully saturated rings. The molecule has 2 radical (unpaired) electrons. The Morgan fingerprint density at radius 1 is 1.18 bits per heavy atom. The fraction of sp³-hybridized carbons (Fsp3) is 0.400. The maximum absolute atomic E-state index is 2.80. The minimum Gasteiger partial charge on any atom is -0.109 e. The van der Waals surface area contributed by atoms with E-state index >= 15 is 0 Å². The van der Waals surface area contributed by atoms with E-state index in [4.69, 9.17) is 0 Å². The van der Waals surface area contributed by atoms with E-state index in [9.17, 15) is 0 Å². The van der Waals surface area contributed by atoms with Crippen molar-refractivity contribution in [2.24, 2.45) is 0 Å². The lowest BCUT2D eigenvalue weighted by molar-refractivity contribution is 0.590. The van der Waals surface area contributed by atoms with Gasteiger partial charge in [-0.2, -0.15) is 0 Å². The van der Waals surface area contributed by atoms with E-state index in [1.54, 1.807) is 0 Å². The van der Waals surface area contributed by atoms with Crippen LogP contribution < -0.4 is 0 Å². The molecule has 0 spiro atoms. The van der Waals surface area contributed by atoms with Gasteiger partial charge in [0.15, 0.2) is 0 Å². The summed E-state index contributed by atoms with van der Waals surface area (Å²) in [5.41, 5.74) is 1.71. The Morgan fingerprint density at radius 3 is 2.18 bits per heavy atom. The molecule has 0 aliphatic rings. The summed E-state index contributed by atoms with van der Waals surface area (Å²) in [4.78, 5) is 0. The molecule has 0 nitrogen and oxygen atoms in total. The van der Waals surface area contributed by atoms with Crippen molar-refractivity contribution >= 4 is 16.3 Å². The van der Waals surface area contributed by atoms with Gasteiger partial charge >= 0.3 is 0 Å². The van der Waals surface area contributed by atoms with Gasteiger partial charge in [0.2, 0.25) is 0 Å². The van der Waals surface area contributed by atoms with Gasteiger partial charge in [0.25, 0.3) is 0 Å². The van der Waals surface area contributed by atoms with Crippen molar-refractivity contribution in [2.75, 3.05) is 0 Å². The second kappa shape index (κ2) is 3.43. The van der Waals surface area contributed by atoms with Crippen molar-refractivity contribution in [3.8, 4) is 0 Å². The van der Waals surface area contributed by atoms with E-state index in [1.807, 2.05) is 0 Å². The average molecular weight is 160 g/mol. The molecule has 56 valence electrons. The van der Waals surface area contributed by atoms with E-state index in [-0.39, 0.29) is 0 Å². The molecule has 0 saturated heterocycles. The highest BCUT2D eigenvalue weighted by Gasteiger charge is 2.15. The minimum absolute atomic E-state index is 0.298. The van der Waals surface area contributed by atoms with Crippen molar-refractivity contribution in [2.45, 2.75) is 24.5 Å². The summed E-state index contributed by atoms with van der Waals surface area (Å²) in [6.07, 6.45) is 0. The quantitative estimate of drug-likeness (QED) is 0.583. The molecule has 0 aliphatic carbocycles. The highest BCUT2D eigenvalue weighted by Crippen LogP contribution is 2.25. The van der Waals surface area contributed by atoms with Crippen molar-refractivity contribution < 1.29 is 0 Å². The first-order valence-electron chi connectivity index (χ1n) is 3.92. The predicted octanol–water partition coefficient (Wildman–Crippen LogP) is 2.55. The topological polar surface area (TPSA) is 0 Å². The van der Waals surface area contributed by atoms with Crippen LogP contribution in [0.5, 0.6) is 0 Å². The van der Waals surface area contributed by atoms with Gasteiger partial charge in [-0.25, -0.2) is 0 Å². The van der Waals surface area contributed by atoms with E-state index in [0.717, 1.165) is 5.28 Å². The van der Waals surface area contributed by atoms with Crippen LogP contribution in [0.25, 0.3) is 0 Å². The second-order valence-electron chi connectivity index (χ2n) is 3.45. The van der Waals surface area contributed by atoms with Gasteiger partial charge in [0, 0.05) is 0 Å². The van der Waals surface area contributed by atoms with Crippen LogP contribution in [0.3, 0.4) is 0 Å². The van der Waals surface area contributed by atoms with Gasteiger partial charge in [0.05, 0.1) is 0 Å². The normalized spacial score (nSPS) is 11.5. The van der Waals surface area contributed by atoms with Gasteiger partial charge in [0.1, 0.15) is 16.3 Å². The Bertz CT molecular complexity index is 214. The molecule has 0 bridgehead atoms. The van der Waals surface area contributed by atoms with Gasteiger partial charge < -0.3 is 0 Å². The number of hydrogen-bond donors (Lipinski definition) is 0. The van der Waals surface area contributed by atoms with Crippen LogP contribution >= 0.6 is 0 Å². The molecular formula is C10H13Al. The highest BCUT2D eigenvalue weighted by atomic mass is 27.0. The number of hydrogen-bond acceptors (Lipinski definition) is 0. The average Bonchev–Trinajstić information content (AvgIpc) is 2.06. The van der Waals surface area contributed by atoms with Crippen molar-refractivity contribution in [3.63, 3.8) is 0 Å². The van der Waals surface area contributed by atoms with Crippen LogP contribution in [0.4, 0.5) is 0 Å². The van der Waals surface area contributed by atoms with E-state index in [0.29, 0.717) is 5.41 Å². The maximum Gasteiger partial charge on any atom is 0.119 e.